The van der Waals surface area contributed by atoms with E-state index in [2.05, 4.69) is 5.32 Å². The van der Waals surface area contributed by atoms with Gasteiger partial charge in [0.2, 0.25) is 5.91 Å². The molecule has 0 radical (unpaired) electrons. The van der Waals surface area contributed by atoms with E-state index >= 15 is 0 Å². The van der Waals surface area contributed by atoms with Gasteiger partial charge >= 0.3 is 0 Å². The Morgan fingerprint density at radius 3 is 2.42 bits per heavy atom. The number of likely N-dealkylation sites (tertiary alicyclic amines) is 1. The van der Waals surface area contributed by atoms with E-state index < -0.39 is 11.4 Å². The van der Waals surface area contributed by atoms with Gasteiger partial charge in [-0.25, -0.2) is 4.39 Å². The van der Waals surface area contributed by atoms with Crippen molar-refractivity contribution in [2.24, 2.45) is 0 Å². The van der Waals surface area contributed by atoms with E-state index in [9.17, 15) is 9.18 Å². The summed E-state index contributed by atoms with van der Waals surface area (Å²) in [6.07, 6.45) is -0.187. The molecule has 1 amide bonds. The van der Waals surface area contributed by atoms with E-state index in [4.69, 9.17) is 9.47 Å². The summed E-state index contributed by atoms with van der Waals surface area (Å²) in [5.41, 5.74) is 0.0706. The molecule has 1 saturated heterocycles. The number of nitrogens with zero attached hydrogens (tertiary/aromatic N) is 1. The number of rotatable bonds is 6. The van der Waals surface area contributed by atoms with Crippen molar-refractivity contribution < 1.29 is 18.7 Å². The van der Waals surface area contributed by atoms with Gasteiger partial charge in [-0.3, -0.25) is 4.79 Å². The molecule has 0 aliphatic carbocycles. The predicted molar refractivity (Wildman–Crippen MR) is 98.1 cm³/mol. The van der Waals surface area contributed by atoms with Crippen LogP contribution in [0.5, 0.6) is 11.5 Å². The second kappa shape index (κ2) is 7.23. The highest BCUT2D eigenvalue weighted by molar-refractivity contribution is 5.89. The molecule has 0 bridgehead atoms. The summed E-state index contributed by atoms with van der Waals surface area (Å²) in [5, 5.41) is 3.24. The maximum Gasteiger partial charge on any atom is 0.247 e. The molecule has 0 saturated carbocycles. The minimum absolute atomic E-state index is 0.0262. The summed E-state index contributed by atoms with van der Waals surface area (Å²) in [6.45, 7) is 4.57. The summed E-state index contributed by atoms with van der Waals surface area (Å²) in [5.74, 6) is 0.566. The largest absolute Gasteiger partial charge is 0.497 e. The number of para-hydroxylation sites is 1. The zero-order chi connectivity index (χ0) is 18.7. The van der Waals surface area contributed by atoms with Crippen molar-refractivity contribution in [2.75, 3.05) is 25.5 Å². The molecule has 2 aromatic rings. The molecule has 1 fully saturated rings. The highest BCUT2D eigenvalue weighted by atomic mass is 19.1. The van der Waals surface area contributed by atoms with E-state index in [-0.39, 0.29) is 17.8 Å². The molecule has 138 valence electrons. The maximum absolute atomic E-state index is 13.6. The molecule has 0 aromatic heterocycles. The molecular weight excluding hydrogens is 335 g/mol. The van der Waals surface area contributed by atoms with Gasteiger partial charge in [0.15, 0.2) is 11.6 Å². The van der Waals surface area contributed by atoms with Crippen molar-refractivity contribution in [1.82, 2.24) is 4.90 Å². The average molecular weight is 358 g/mol. The van der Waals surface area contributed by atoms with Crippen molar-refractivity contribution in [1.29, 1.82) is 0 Å². The summed E-state index contributed by atoms with van der Waals surface area (Å²) < 4.78 is 24.4. The molecule has 26 heavy (non-hydrogen) atoms. The van der Waals surface area contributed by atoms with Crippen LogP contribution in [0.3, 0.4) is 0 Å². The third-order valence-corrected chi connectivity index (χ3v) is 4.35. The Bertz CT molecular complexity index is 771. The SMILES string of the molecule is COc1ccc(NC(C)(C)C(=O)N2CC(Oc3ccccc3F)C2)cc1. The topological polar surface area (TPSA) is 50.8 Å². The Morgan fingerprint density at radius 1 is 1.15 bits per heavy atom. The normalized spacial score (nSPS) is 14.5. The number of hydrogen-bond acceptors (Lipinski definition) is 4. The fraction of sp³-hybridized carbons (Fsp3) is 0.350. The van der Waals surface area contributed by atoms with Gasteiger partial charge in [-0.1, -0.05) is 12.1 Å². The van der Waals surface area contributed by atoms with Crippen molar-refractivity contribution in [3.05, 3.63) is 54.3 Å². The lowest BCUT2D eigenvalue weighted by molar-refractivity contribution is -0.144. The standard InChI is InChI=1S/C20H23FN2O3/c1-20(2,22-14-8-10-15(25-3)11-9-14)19(24)23-12-16(13-23)26-18-7-5-4-6-17(18)21/h4-11,16,22H,12-13H2,1-3H3. The number of benzene rings is 2. The second-order valence-corrected chi connectivity index (χ2v) is 6.86. The van der Waals surface area contributed by atoms with Crippen LogP contribution in [-0.2, 0) is 4.79 Å². The Morgan fingerprint density at radius 2 is 1.81 bits per heavy atom. The van der Waals surface area contributed by atoms with Crippen LogP contribution in [0.4, 0.5) is 10.1 Å². The van der Waals surface area contributed by atoms with Crippen LogP contribution >= 0.6 is 0 Å². The molecule has 0 spiro atoms. The van der Waals surface area contributed by atoms with Crippen molar-refractivity contribution in [3.63, 3.8) is 0 Å². The number of ether oxygens (including phenoxy) is 2. The Kier molecular flexibility index (Phi) is 5.02. The first kappa shape index (κ1) is 18.0. The Balaban J connectivity index is 1.54. The van der Waals surface area contributed by atoms with Gasteiger partial charge < -0.3 is 19.7 Å². The molecule has 6 heteroatoms. The average Bonchev–Trinajstić information content (AvgIpc) is 2.59. The predicted octanol–water partition coefficient (Wildman–Crippen LogP) is 3.31. The van der Waals surface area contributed by atoms with Gasteiger partial charge in [0.05, 0.1) is 20.2 Å². The summed E-state index contributed by atoms with van der Waals surface area (Å²) in [7, 11) is 1.61. The molecule has 2 aromatic carbocycles. The van der Waals surface area contributed by atoms with E-state index in [0.717, 1.165) is 11.4 Å². The highest BCUT2D eigenvalue weighted by Crippen LogP contribution is 2.25. The van der Waals surface area contributed by atoms with Crippen molar-refractivity contribution >= 4 is 11.6 Å². The van der Waals surface area contributed by atoms with Crippen LogP contribution < -0.4 is 14.8 Å². The molecule has 1 heterocycles. The number of nitrogens with one attached hydrogen (secondary N) is 1. The van der Waals surface area contributed by atoms with Crippen LogP contribution in [-0.4, -0.2) is 42.6 Å². The Labute approximate surface area is 152 Å². The lowest BCUT2D eigenvalue weighted by Crippen LogP contribution is -2.62. The van der Waals surface area contributed by atoms with Crippen molar-refractivity contribution in [3.8, 4) is 11.5 Å². The Hall–Kier alpha value is -2.76. The molecule has 5 nitrogen and oxygen atoms in total. The minimum Gasteiger partial charge on any atom is -0.497 e. The molecule has 1 aliphatic heterocycles. The first-order valence-corrected chi connectivity index (χ1v) is 8.52. The monoisotopic (exact) mass is 358 g/mol. The number of amides is 1. The number of hydrogen-bond donors (Lipinski definition) is 1. The van der Waals surface area contributed by atoms with Gasteiger partial charge in [0, 0.05) is 5.69 Å². The number of carbonyl (C=O) groups is 1. The quantitative estimate of drug-likeness (QED) is 0.861. The van der Waals surface area contributed by atoms with Gasteiger partial charge in [0.25, 0.3) is 0 Å². The lowest BCUT2D eigenvalue weighted by Gasteiger charge is -2.43. The van der Waals surface area contributed by atoms with E-state index in [1.807, 2.05) is 38.1 Å². The molecule has 0 atom stereocenters. The fourth-order valence-corrected chi connectivity index (χ4v) is 2.88. The lowest BCUT2D eigenvalue weighted by atomic mass is 9.99. The maximum atomic E-state index is 13.6. The first-order valence-electron chi connectivity index (χ1n) is 8.52. The van der Waals surface area contributed by atoms with Crippen LogP contribution in [0.25, 0.3) is 0 Å². The van der Waals surface area contributed by atoms with Gasteiger partial charge in [0.1, 0.15) is 17.4 Å². The van der Waals surface area contributed by atoms with Gasteiger partial charge in [-0.15, -0.1) is 0 Å². The zero-order valence-electron chi connectivity index (χ0n) is 15.2. The van der Waals surface area contributed by atoms with Crippen LogP contribution in [0.2, 0.25) is 0 Å². The minimum atomic E-state index is -0.766. The third-order valence-electron chi connectivity index (χ3n) is 4.35. The molecular formula is C20H23FN2O3. The number of carbonyl (C=O) groups excluding carboxylic acids is 1. The molecule has 0 unspecified atom stereocenters. The van der Waals surface area contributed by atoms with Crippen LogP contribution in [0, 0.1) is 5.82 Å². The van der Waals surface area contributed by atoms with Crippen LogP contribution in [0.1, 0.15) is 13.8 Å². The number of methoxy groups -OCH3 is 1. The van der Waals surface area contributed by atoms with Gasteiger partial charge in [-0.05, 0) is 50.2 Å². The van der Waals surface area contributed by atoms with E-state index in [0.29, 0.717) is 13.1 Å². The van der Waals surface area contributed by atoms with Gasteiger partial charge in [-0.2, -0.15) is 0 Å². The van der Waals surface area contributed by atoms with Crippen LogP contribution in [0.15, 0.2) is 48.5 Å². The zero-order valence-corrected chi connectivity index (χ0v) is 15.2. The summed E-state index contributed by atoms with van der Waals surface area (Å²) >= 11 is 0. The molecule has 1 aliphatic rings. The smallest absolute Gasteiger partial charge is 0.247 e. The highest BCUT2D eigenvalue weighted by Gasteiger charge is 2.40. The molecule has 3 rings (SSSR count). The van der Waals surface area contributed by atoms with Crippen molar-refractivity contribution in [2.45, 2.75) is 25.5 Å². The summed E-state index contributed by atoms with van der Waals surface area (Å²) in [6, 6.07) is 13.7. The van der Waals surface area contributed by atoms with E-state index in [1.54, 1.807) is 30.2 Å². The summed E-state index contributed by atoms with van der Waals surface area (Å²) in [4.78, 5) is 14.5. The number of anilines is 1. The second-order valence-electron chi connectivity index (χ2n) is 6.86. The fourth-order valence-electron chi connectivity index (χ4n) is 2.88. The number of halogens is 1. The first-order chi connectivity index (χ1) is 12.4. The van der Waals surface area contributed by atoms with E-state index in [1.165, 1.54) is 6.07 Å². The third kappa shape index (κ3) is 3.90. The molecule has 1 N–H and O–H groups in total.